The highest BCUT2D eigenvalue weighted by Gasteiger charge is 2.40. The molecule has 0 amide bonds. The third-order valence-corrected chi connectivity index (χ3v) is 4.88. The van der Waals surface area contributed by atoms with Crippen molar-refractivity contribution in [1.82, 2.24) is 4.90 Å². The van der Waals surface area contributed by atoms with Gasteiger partial charge in [-0.3, -0.25) is 4.90 Å². The lowest BCUT2D eigenvalue weighted by atomic mass is 9.98. The van der Waals surface area contributed by atoms with Crippen LogP contribution in [0.2, 0.25) is 0 Å². The zero-order chi connectivity index (χ0) is 12.7. The fraction of sp³-hybridized carbons (Fsp3) is 0.625. The Labute approximate surface area is 110 Å². The molecule has 1 aliphatic carbocycles. The largest absolute Gasteiger partial charge is 0.327 e. The minimum atomic E-state index is 0.458. The van der Waals surface area contributed by atoms with E-state index >= 15 is 0 Å². The van der Waals surface area contributed by atoms with Gasteiger partial charge in [0.15, 0.2) is 0 Å². The Kier molecular flexibility index (Phi) is 3.16. The Morgan fingerprint density at radius 3 is 2.78 bits per heavy atom. The molecule has 1 aliphatic heterocycles. The van der Waals surface area contributed by atoms with Crippen LogP contribution < -0.4 is 5.73 Å². The van der Waals surface area contributed by atoms with Gasteiger partial charge in [0, 0.05) is 25.7 Å². The van der Waals surface area contributed by atoms with Gasteiger partial charge in [0.25, 0.3) is 0 Å². The molecule has 0 radical (unpaired) electrons. The number of nitrogens with two attached hydrogens (primary N) is 1. The average molecular weight is 244 g/mol. The second-order valence-electron chi connectivity index (χ2n) is 6.29. The SMILES string of the molecule is Cc1ccc(CN2CC3CCC(N)C3C2)c(C)c1. The van der Waals surface area contributed by atoms with Gasteiger partial charge in [-0.1, -0.05) is 23.8 Å². The minimum absolute atomic E-state index is 0.458. The van der Waals surface area contributed by atoms with Crippen LogP contribution in [-0.4, -0.2) is 24.0 Å². The lowest BCUT2D eigenvalue weighted by molar-refractivity contribution is 0.297. The second kappa shape index (κ2) is 4.67. The number of likely N-dealkylation sites (tertiary alicyclic amines) is 1. The first-order valence-electron chi connectivity index (χ1n) is 7.17. The molecule has 98 valence electrons. The van der Waals surface area contributed by atoms with Gasteiger partial charge < -0.3 is 5.73 Å². The molecule has 1 aromatic carbocycles. The molecule has 0 spiro atoms. The van der Waals surface area contributed by atoms with E-state index in [1.54, 1.807) is 0 Å². The Balaban J connectivity index is 1.68. The third-order valence-electron chi connectivity index (χ3n) is 4.88. The molecule has 3 atom stereocenters. The van der Waals surface area contributed by atoms with Crippen LogP contribution >= 0.6 is 0 Å². The second-order valence-corrected chi connectivity index (χ2v) is 6.29. The van der Waals surface area contributed by atoms with Gasteiger partial charge in [0.2, 0.25) is 0 Å². The summed E-state index contributed by atoms with van der Waals surface area (Å²) in [5, 5.41) is 0. The molecule has 3 rings (SSSR count). The van der Waals surface area contributed by atoms with Gasteiger partial charge in [-0.05, 0) is 49.7 Å². The molecular weight excluding hydrogens is 220 g/mol. The fourth-order valence-corrected chi connectivity index (χ4v) is 3.79. The maximum atomic E-state index is 6.20. The van der Waals surface area contributed by atoms with Gasteiger partial charge in [-0.15, -0.1) is 0 Å². The van der Waals surface area contributed by atoms with Gasteiger partial charge in [-0.25, -0.2) is 0 Å². The Hall–Kier alpha value is -0.860. The molecule has 18 heavy (non-hydrogen) atoms. The van der Waals surface area contributed by atoms with E-state index in [0.29, 0.717) is 6.04 Å². The van der Waals surface area contributed by atoms with E-state index in [-0.39, 0.29) is 0 Å². The van der Waals surface area contributed by atoms with E-state index in [1.807, 2.05) is 0 Å². The Morgan fingerprint density at radius 2 is 2.06 bits per heavy atom. The molecule has 3 unspecified atom stereocenters. The van der Waals surface area contributed by atoms with Crippen LogP contribution in [-0.2, 0) is 6.54 Å². The van der Waals surface area contributed by atoms with Crippen molar-refractivity contribution in [2.75, 3.05) is 13.1 Å². The number of aryl methyl sites for hydroxylation is 2. The number of benzene rings is 1. The standard InChI is InChI=1S/C16H24N2/c1-11-3-4-13(12(2)7-11)8-18-9-14-5-6-16(17)15(14)10-18/h3-4,7,14-16H,5-6,8-10,17H2,1-2H3. The van der Waals surface area contributed by atoms with Gasteiger partial charge in [-0.2, -0.15) is 0 Å². The summed E-state index contributed by atoms with van der Waals surface area (Å²) in [4.78, 5) is 2.60. The zero-order valence-electron chi connectivity index (χ0n) is 11.5. The van der Waals surface area contributed by atoms with Crippen molar-refractivity contribution in [1.29, 1.82) is 0 Å². The summed E-state index contributed by atoms with van der Waals surface area (Å²) in [5.74, 6) is 1.63. The molecule has 1 aromatic rings. The van der Waals surface area contributed by atoms with Crippen molar-refractivity contribution in [3.8, 4) is 0 Å². The van der Waals surface area contributed by atoms with Crippen molar-refractivity contribution in [2.24, 2.45) is 17.6 Å². The lowest BCUT2D eigenvalue weighted by Gasteiger charge is -2.19. The van der Waals surface area contributed by atoms with Gasteiger partial charge >= 0.3 is 0 Å². The average Bonchev–Trinajstić information content (AvgIpc) is 2.86. The van der Waals surface area contributed by atoms with Crippen molar-refractivity contribution >= 4 is 0 Å². The molecule has 1 heterocycles. The molecule has 2 aliphatic rings. The van der Waals surface area contributed by atoms with E-state index in [4.69, 9.17) is 5.73 Å². The Bertz CT molecular complexity index is 441. The van der Waals surface area contributed by atoms with Crippen LogP contribution in [0.5, 0.6) is 0 Å². The summed E-state index contributed by atoms with van der Waals surface area (Å²) >= 11 is 0. The van der Waals surface area contributed by atoms with Crippen LogP contribution in [0.15, 0.2) is 18.2 Å². The smallest absolute Gasteiger partial charge is 0.0236 e. The summed E-state index contributed by atoms with van der Waals surface area (Å²) in [6.07, 6.45) is 2.59. The summed E-state index contributed by atoms with van der Waals surface area (Å²) < 4.78 is 0. The third kappa shape index (κ3) is 2.19. The summed E-state index contributed by atoms with van der Waals surface area (Å²) in [7, 11) is 0. The van der Waals surface area contributed by atoms with Crippen molar-refractivity contribution in [2.45, 2.75) is 39.3 Å². The highest BCUT2D eigenvalue weighted by Crippen LogP contribution is 2.37. The molecule has 0 bridgehead atoms. The molecule has 1 saturated heterocycles. The molecule has 2 N–H and O–H groups in total. The molecule has 2 fully saturated rings. The number of hydrogen-bond acceptors (Lipinski definition) is 2. The number of hydrogen-bond donors (Lipinski definition) is 1. The van der Waals surface area contributed by atoms with Crippen molar-refractivity contribution < 1.29 is 0 Å². The van der Waals surface area contributed by atoms with Crippen LogP contribution in [0.3, 0.4) is 0 Å². The first kappa shape index (κ1) is 12.2. The topological polar surface area (TPSA) is 29.3 Å². The summed E-state index contributed by atoms with van der Waals surface area (Å²) in [5.41, 5.74) is 10.5. The van der Waals surface area contributed by atoms with Gasteiger partial charge in [0.1, 0.15) is 0 Å². The minimum Gasteiger partial charge on any atom is -0.327 e. The maximum absolute atomic E-state index is 6.20. The Morgan fingerprint density at radius 1 is 1.22 bits per heavy atom. The number of rotatable bonds is 2. The van der Waals surface area contributed by atoms with Gasteiger partial charge in [0.05, 0.1) is 0 Å². The number of fused-ring (bicyclic) bond motifs is 1. The fourth-order valence-electron chi connectivity index (χ4n) is 3.79. The van der Waals surface area contributed by atoms with E-state index in [0.717, 1.165) is 18.4 Å². The van der Waals surface area contributed by atoms with Crippen LogP contribution in [0, 0.1) is 25.7 Å². The monoisotopic (exact) mass is 244 g/mol. The van der Waals surface area contributed by atoms with E-state index in [1.165, 1.54) is 42.6 Å². The van der Waals surface area contributed by atoms with Crippen LogP contribution in [0.1, 0.15) is 29.5 Å². The molecule has 2 heteroatoms. The number of nitrogens with zero attached hydrogens (tertiary/aromatic N) is 1. The van der Waals surface area contributed by atoms with E-state index in [9.17, 15) is 0 Å². The van der Waals surface area contributed by atoms with Crippen LogP contribution in [0.4, 0.5) is 0 Å². The first-order chi connectivity index (χ1) is 8.63. The lowest BCUT2D eigenvalue weighted by Crippen LogP contribution is -2.30. The predicted molar refractivity (Wildman–Crippen MR) is 75.4 cm³/mol. The highest BCUT2D eigenvalue weighted by molar-refractivity contribution is 5.30. The van der Waals surface area contributed by atoms with Crippen molar-refractivity contribution in [3.63, 3.8) is 0 Å². The molecule has 0 aromatic heterocycles. The summed E-state index contributed by atoms with van der Waals surface area (Å²) in [6.45, 7) is 7.96. The zero-order valence-corrected chi connectivity index (χ0v) is 11.5. The molecule has 2 nitrogen and oxygen atoms in total. The highest BCUT2D eigenvalue weighted by atomic mass is 15.2. The van der Waals surface area contributed by atoms with Crippen molar-refractivity contribution in [3.05, 3.63) is 34.9 Å². The quantitative estimate of drug-likeness (QED) is 0.866. The van der Waals surface area contributed by atoms with Crippen LogP contribution in [0.25, 0.3) is 0 Å². The molecule has 1 saturated carbocycles. The maximum Gasteiger partial charge on any atom is 0.0236 e. The summed E-state index contributed by atoms with van der Waals surface area (Å²) in [6, 6.07) is 7.26. The van der Waals surface area contributed by atoms with E-state index in [2.05, 4.69) is 36.9 Å². The predicted octanol–water partition coefficient (Wildman–Crippen LogP) is 2.47. The van der Waals surface area contributed by atoms with E-state index < -0.39 is 0 Å². The first-order valence-corrected chi connectivity index (χ1v) is 7.17. The normalized spacial score (nSPS) is 31.8. The molecular formula is C16H24N2.